The number of amides is 1. The van der Waals surface area contributed by atoms with Gasteiger partial charge in [-0.3, -0.25) is 4.79 Å². The van der Waals surface area contributed by atoms with Crippen LogP contribution >= 0.6 is 0 Å². The number of anilines is 2. The molecule has 3 rings (SSSR count). The smallest absolute Gasteiger partial charge is 0.254 e. The number of carbonyl (C=O) groups excluding carboxylic acids is 1. The van der Waals surface area contributed by atoms with Gasteiger partial charge < -0.3 is 15.1 Å². The molecular weight excluding hydrogens is 304 g/mol. The van der Waals surface area contributed by atoms with E-state index in [1.807, 2.05) is 18.2 Å². The third kappa shape index (κ3) is 3.68. The zero-order valence-electron chi connectivity index (χ0n) is 13.4. The lowest BCUT2D eigenvalue weighted by atomic mass is 10.3. The van der Waals surface area contributed by atoms with Gasteiger partial charge in [0.25, 0.3) is 5.91 Å². The summed E-state index contributed by atoms with van der Waals surface area (Å²) >= 11 is 0. The summed E-state index contributed by atoms with van der Waals surface area (Å²) in [6.45, 7) is 7.36. The van der Waals surface area contributed by atoms with Gasteiger partial charge in [0, 0.05) is 51.3 Å². The number of nitrogens with one attached hydrogen (secondary N) is 1. The maximum atomic E-state index is 11.8. The van der Waals surface area contributed by atoms with Crippen LogP contribution in [0.25, 0.3) is 0 Å². The van der Waals surface area contributed by atoms with Crippen LogP contribution in [0, 0.1) is 0 Å². The summed E-state index contributed by atoms with van der Waals surface area (Å²) in [5.74, 6) is 1.45. The topological polar surface area (TPSA) is 74.2 Å². The predicted octanol–water partition coefficient (Wildman–Crippen LogP) is 1.11. The number of pyridine rings is 1. The maximum absolute atomic E-state index is 11.8. The van der Waals surface area contributed by atoms with Crippen molar-refractivity contribution in [3.8, 4) is 0 Å². The van der Waals surface area contributed by atoms with Gasteiger partial charge in [0.1, 0.15) is 5.82 Å². The van der Waals surface area contributed by atoms with Crippen molar-refractivity contribution < 1.29 is 4.79 Å². The molecule has 24 heavy (non-hydrogen) atoms. The van der Waals surface area contributed by atoms with Crippen molar-refractivity contribution in [3.05, 3.63) is 55.0 Å². The SMILES string of the molecule is C=CCNC(=O)c1cnc(N2CCN(c3ccccn3)CC2)nc1. The number of hydrogen-bond donors (Lipinski definition) is 1. The van der Waals surface area contributed by atoms with Crippen LogP contribution in [0.5, 0.6) is 0 Å². The van der Waals surface area contributed by atoms with Gasteiger partial charge in [-0.05, 0) is 12.1 Å². The molecular formula is C17H20N6O. The van der Waals surface area contributed by atoms with Gasteiger partial charge in [-0.1, -0.05) is 12.1 Å². The van der Waals surface area contributed by atoms with Crippen LogP contribution in [0.3, 0.4) is 0 Å². The Morgan fingerprint density at radius 1 is 1.12 bits per heavy atom. The molecule has 0 spiro atoms. The largest absolute Gasteiger partial charge is 0.353 e. The van der Waals surface area contributed by atoms with Crippen LogP contribution in [0.1, 0.15) is 10.4 Å². The van der Waals surface area contributed by atoms with E-state index in [4.69, 9.17) is 0 Å². The second-order valence-corrected chi connectivity index (χ2v) is 5.43. The lowest BCUT2D eigenvalue weighted by molar-refractivity contribution is 0.0957. The third-order valence-corrected chi connectivity index (χ3v) is 3.84. The Kier molecular flexibility index (Phi) is 5.00. The lowest BCUT2D eigenvalue weighted by Crippen LogP contribution is -2.47. The van der Waals surface area contributed by atoms with Crippen molar-refractivity contribution in [2.24, 2.45) is 0 Å². The summed E-state index contributed by atoms with van der Waals surface area (Å²) < 4.78 is 0. The van der Waals surface area contributed by atoms with E-state index in [-0.39, 0.29) is 5.91 Å². The lowest BCUT2D eigenvalue weighted by Gasteiger charge is -2.35. The molecule has 7 heteroatoms. The number of nitrogens with zero attached hydrogens (tertiary/aromatic N) is 5. The number of aromatic nitrogens is 3. The highest BCUT2D eigenvalue weighted by molar-refractivity contribution is 5.93. The Morgan fingerprint density at radius 3 is 2.46 bits per heavy atom. The number of rotatable bonds is 5. The van der Waals surface area contributed by atoms with E-state index < -0.39 is 0 Å². The maximum Gasteiger partial charge on any atom is 0.254 e. The summed E-state index contributed by atoms with van der Waals surface area (Å²) in [5, 5.41) is 2.71. The quantitative estimate of drug-likeness (QED) is 0.831. The van der Waals surface area contributed by atoms with E-state index >= 15 is 0 Å². The van der Waals surface area contributed by atoms with Crippen LogP contribution in [0.15, 0.2) is 49.4 Å². The van der Waals surface area contributed by atoms with Gasteiger partial charge in [-0.25, -0.2) is 15.0 Å². The fourth-order valence-electron chi connectivity index (χ4n) is 2.55. The summed E-state index contributed by atoms with van der Waals surface area (Å²) in [5.41, 5.74) is 0.452. The third-order valence-electron chi connectivity index (χ3n) is 3.84. The van der Waals surface area contributed by atoms with Crippen molar-refractivity contribution in [2.75, 3.05) is 42.5 Å². The number of piperazine rings is 1. The summed E-state index contributed by atoms with van der Waals surface area (Å²) in [4.78, 5) is 29.2. The van der Waals surface area contributed by atoms with E-state index in [2.05, 4.69) is 36.6 Å². The first kappa shape index (κ1) is 15.9. The van der Waals surface area contributed by atoms with Gasteiger partial charge >= 0.3 is 0 Å². The second-order valence-electron chi connectivity index (χ2n) is 5.43. The predicted molar refractivity (Wildman–Crippen MR) is 93.2 cm³/mol. The standard InChI is InChI=1S/C17H20N6O/c1-2-6-19-16(24)14-12-20-17(21-13-14)23-10-8-22(9-11-23)15-5-3-4-7-18-15/h2-5,7,12-13H,1,6,8-11H2,(H,19,24). The highest BCUT2D eigenvalue weighted by atomic mass is 16.1. The molecule has 1 fully saturated rings. The van der Waals surface area contributed by atoms with Crippen molar-refractivity contribution in [1.29, 1.82) is 0 Å². The highest BCUT2D eigenvalue weighted by Gasteiger charge is 2.20. The first-order valence-corrected chi connectivity index (χ1v) is 7.90. The Hall–Kier alpha value is -2.96. The normalized spacial score (nSPS) is 14.3. The fourth-order valence-corrected chi connectivity index (χ4v) is 2.55. The number of carbonyl (C=O) groups is 1. The number of hydrogen-bond acceptors (Lipinski definition) is 6. The monoisotopic (exact) mass is 324 g/mol. The molecule has 0 radical (unpaired) electrons. The zero-order chi connectivity index (χ0) is 16.8. The Bertz CT molecular complexity index is 680. The molecule has 2 aromatic heterocycles. The summed E-state index contributed by atoms with van der Waals surface area (Å²) in [7, 11) is 0. The van der Waals surface area contributed by atoms with Gasteiger partial charge in [-0.2, -0.15) is 0 Å². The molecule has 0 atom stereocenters. The molecule has 1 aliphatic heterocycles. The van der Waals surface area contributed by atoms with Crippen molar-refractivity contribution in [2.45, 2.75) is 0 Å². The van der Waals surface area contributed by atoms with Gasteiger partial charge in [0.05, 0.1) is 5.56 Å². The van der Waals surface area contributed by atoms with Gasteiger partial charge in [0.2, 0.25) is 5.95 Å². The first-order valence-electron chi connectivity index (χ1n) is 7.90. The molecule has 1 N–H and O–H groups in total. The van der Waals surface area contributed by atoms with Crippen LogP contribution in [-0.4, -0.2) is 53.6 Å². The average molecular weight is 324 g/mol. The molecule has 0 aliphatic carbocycles. The van der Waals surface area contributed by atoms with Gasteiger partial charge in [-0.15, -0.1) is 6.58 Å². The van der Waals surface area contributed by atoms with E-state index in [1.54, 1.807) is 24.7 Å². The molecule has 0 bridgehead atoms. The molecule has 0 unspecified atom stereocenters. The minimum absolute atomic E-state index is 0.193. The Labute approximate surface area is 141 Å². The minimum Gasteiger partial charge on any atom is -0.353 e. The molecule has 124 valence electrons. The van der Waals surface area contributed by atoms with Crippen LogP contribution in [0.4, 0.5) is 11.8 Å². The van der Waals surface area contributed by atoms with Gasteiger partial charge in [0.15, 0.2) is 0 Å². The summed E-state index contributed by atoms with van der Waals surface area (Å²) in [6.07, 6.45) is 6.56. The van der Waals surface area contributed by atoms with E-state index in [9.17, 15) is 4.79 Å². The second kappa shape index (κ2) is 7.54. The zero-order valence-corrected chi connectivity index (χ0v) is 13.4. The van der Waals surface area contributed by atoms with Crippen LogP contribution in [-0.2, 0) is 0 Å². The highest BCUT2D eigenvalue weighted by Crippen LogP contribution is 2.15. The summed E-state index contributed by atoms with van der Waals surface area (Å²) in [6, 6.07) is 5.93. The Balaban J connectivity index is 1.58. The molecule has 1 aliphatic rings. The molecule has 2 aromatic rings. The van der Waals surface area contributed by atoms with E-state index in [0.717, 1.165) is 32.0 Å². The Morgan fingerprint density at radius 2 is 1.83 bits per heavy atom. The molecule has 3 heterocycles. The molecule has 7 nitrogen and oxygen atoms in total. The molecule has 1 amide bonds. The molecule has 0 aromatic carbocycles. The van der Waals surface area contributed by atoms with Crippen molar-refractivity contribution >= 4 is 17.7 Å². The van der Waals surface area contributed by atoms with Crippen LogP contribution in [0.2, 0.25) is 0 Å². The fraction of sp³-hybridized carbons (Fsp3) is 0.294. The van der Waals surface area contributed by atoms with Crippen LogP contribution < -0.4 is 15.1 Å². The molecule has 1 saturated heterocycles. The average Bonchev–Trinajstić information content (AvgIpc) is 2.67. The van der Waals surface area contributed by atoms with E-state index in [1.165, 1.54) is 0 Å². The molecule has 0 saturated carbocycles. The van der Waals surface area contributed by atoms with E-state index in [0.29, 0.717) is 18.1 Å². The minimum atomic E-state index is -0.193. The van der Waals surface area contributed by atoms with Crippen molar-refractivity contribution in [3.63, 3.8) is 0 Å². The first-order chi connectivity index (χ1) is 11.8. The van der Waals surface area contributed by atoms with Crippen molar-refractivity contribution in [1.82, 2.24) is 20.3 Å².